The summed E-state index contributed by atoms with van der Waals surface area (Å²) in [7, 11) is 0. The fourth-order valence-corrected chi connectivity index (χ4v) is 1.76. The average Bonchev–Trinajstić information content (AvgIpc) is 2.38. The molecule has 18 heavy (non-hydrogen) atoms. The van der Waals surface area contributed by atoms with E-state index in [9.17, 15) is 9.18 Å². The molecule has 4 heteroatoms. The summed E-state index contributed by atoms with van der Waals surface area (Å²) in [5, 5.41) is 7.93. The van der Waals surface area contributed by atoms with Gasteiger partial charge in [0.1, 0.15) is 5.82 Å². The molecule has 0 N–H and O–H groups in total. The van der Waals surface area contributed by atoms with E-state index in [0.29, 0.717) is 28.9 Å². The Morgan fingerprint density at radius 3 is 2.72 bits per heavy atom. The predicted octanol–water partition coefficient (Wildman–Crippen LogP) is 2.72. The summed E-state index contributed by atoms with van der Waals surface area (Å²) in [5.41, 5.74) is 2.13. The SMILES string of the molecule is CCc1nnc(C)cc1C(=O)c1cccc(F)c1. The molecule has 0 amide bonds. The third kappa shape index (κ3) is 2.42. The van der Waals surface area contributed by atoms with E-state index in [1.807, 2.05) is 6.92 Å². The zero-order chi connectivity index (χ0) is 13.1. The molecule has 2 aromatic rings. The van der Waals surface area contributed by atoms with Gasteiger partial charge in [0.05, 0.1) is 11.4 Å². The monoisotopic (exact) mass is 244 g/mol. The van der Waals surface area contributed by atoms with Crippen LogP contribution in [0.1, 0.15) is 34.2 Å². The van der Waals surface area contributed by atoms with Crippen molar-refractivity contribution in [3.8, 4) is 0 Å². The molecular weight excluding hydrogens is 231 g/mol. The number of halogens is 1. The van der Waals surface area contributed by atoms with Crippen LogP contribution in [0.2, 0.25) is 0 Å². The standard InChI is InChI=1S/C14H13FN2O/c1-3-13-12(7-9(2)16-17-13)14(18)10-5-4-6-11(15)8-10/h4-8H,3H2,1-2H3. The van der Waals surface area contributed by atoms with Crippen molar-refractivity contribution in [1.29, 1.82) is 0 Å². The van der Waals surface area contributed by atoms with Crippen molar-refractivity contribution < 1.29 is 9.18 Å². The van der Waals surface area contributed by atoms with Gasteiger partial charge in [-0.1, -0.05) is 19.1 Å². The highest BCUT2D eigenvalue weighted by molar-refractivity contribution is 6.09. The van der Waals surface area contributed by atoms with E-state index >= 15 is 0 Å². The van der Waals surface area contributed by atoms with E-state index in [0.717, 1.165) is 0 Å². The van der Waals surface area contributed by atoms with Crippen molar-refractivity contribution in [3.63, 3.8) is 0 Å². The van der Waals surface area contributed by atoms with Gasteiger partial charge >= 0.3 is 0 Å². The Morgan fingerprint density at radius 1 is 1.28 bits per heavy atom. The van der Waals surface area contributed by atoms with Gasteiger partial charge in [-0.25, -0.2) is 4.39 Å². The first-order valence-corrected chi connectivity index (χ1v) is 5.75. The average molecular weight is 244 g/mol. The summed E-state index contributed by atoms with van der Waals surface area (Å²) in [6, 6.07) is 7.36. The van der Waals surface area contributed by atoms with Crippen molar-refractivity contribution in [2.24, 2.45) is 0 Å². The summed E-state index contributed by atoms with van der Waals surface area (Å²) in [5.74, 6) is -0.637. The van der Waals surface area contributed by atoms with Crippen molar-refractivity contribution in [2.45, 2.75) is 20.3 Å². The molecule has 0 saturated heterocycles. The maximum Gasteiger partial charge on any atom is 0.195 e. The minimum Gasteiger partial charge on any atom is -0.289 e. The quantitative estimate of drug-likeness (QED) is 0.780. The molecule has 0 bridgehead atoms. The fourth-order valence-electron chi connectivity index (χ4n) is 1.76. The summed E-state index contributed by atoms with van der Waals surface area (Å²) in [6.45, 7) is 3.68. The highest BCUT2D eigenvalue weighted by Gasteiger charge is 2.15. The number of hydrogen-bond acceptors (Lipinski definition) is 3. The summed E-state index contributed by atoms with van der Waals surface area (Å²) >= 11 is 0. The Balaban J connectivity index is 2.48. The summed E-state index contributed by atoms with van der Waals surface area (Å²) in [6.07, 6.45) is 0.615. The molecule has 3 nitrogen and oxygen atoms in total. The summed E-state index contributed by atoms with van der Waals surface area (Å²) < 4.78 is 13.1. The Morgan fingerprint density at radius 2 is 2.06 bits per heavy atom. The van der Waals surface area contributed by atoms with Crippen LogP contribution >= 0.6 is 0 Å². The molecule has 0 radical (unpaired) electrons. The largest absolute Gasteiger partial charge is 0.289 e. The number of aryl methyl sites for hydroxylation is 2. The minimum absolute atomic E-state index is 0.218. The molecule has 0 saturated carbocycles. The van der Waals surface area contributed by atoms with Gasteiger partial charge < -0.3 is 0 Å². The Labute approximate surface area is 105 Å². The first-order chi connectivity index (χ1) is 8.61. The van der Waals surface area contributed by atoms with Gasteiger partial charge in [-0.15, -0.1) is 0 Å². The van der Waals surface area contributed by atoms with Crippen LogP contribution in [0, 0.1) is 12.7 Å². The van der Waals surface area contributed by atoms with Crippen LogP contribution in [0.15, 0.2) is 30.3 Å². The molecule has 2 rings (SSSR count). The zero-order valence-corrected chi connectivity index (χ0v) is 10.3. The molecule has 0 aliphatic carbocycles. The Bertz CT molecular complexity index is 596. The van der Waals surface area contributed by atoms with Gasteiger partial charge in [0.2, 0.25) is 0 Å². The third-order valence-electron chi connectivity index (χ3n) is 2.66. The first kappa shape index (κ1) is 12.4. The molecule has 1 aromatic carbocycles. The number of aromatic nitrogens is 2. The van der Waals surface area contributed by atoms with Crippen LogP contribution in [0.3, 0.4) is 0 Å². The van der Waals surface area contributed by atoms with E-state index in [4.69, 9.17) is 0 Å². The first-order valence-electron chi connectivity index (χ1n) is 5.75. The van der Waals surface area contributed by atoms with Gasteiger partial charge in [-0.05, 0) is 31.5 Å². The van der Waals surface area contributed by atoms with Crippen molar-refractivity contribution in [2.75, 3.05) is 0 Å². The molecule has 0 unspecified atom stereocenters. The number of carbonyl (C=O) groups is 1. The molecule has 0 spiro atoms. The predicted molar refractivity (Wildman–Crippen MR) is 66.0 cm³/mol. The highest BCUT2D eigenvalue weighted by atomic mass is 19.1. The van der Waals surface area contributed by atoms with Gasteiger partial charge in [0, 0.05) is 11.1 Å². The van der Waals surface area contributed by atoms with E-state index in [1.54, 1.807) is 19.1 Å². The lowest BCUT2D eigenvalue weighted by Crippen LogP contribution is -2.09. The Hall–Kier alpha value is -2.10. The maximum atomic E-state index is 13.1. The molecule has 1 aromatic heterocycles. The van der Waals surface area contributed by atoms with E-state index < -0.39 is 5.82 Å². The third-order valence-corrected chi connectivity index (χ3v) is 2.66. The minimum atomic E-state index is -0.419. The normalized spacial score (nSPS) is 10.4. The van der Waals surface area contributed by atoms with Crippen molar-refractivity contribution >= 4 is 5.78 Å². The van der Waals surface area contributed by atoms with Crippen LogP contribution in [0.5, 0.6) is 0 Å². The van der Waals surface area contributed by atoms with Gasteiger partial charge in [-0.3, -0.25) is 4.79 Å². The molecule has 0 aliphatic rings. The second kappa shape index (κ2) is 5.04. The Kier molecular flexibility index (Phi) is 3.46. The molecule has 0 aliphatic heterocycles. The molecule has 0 fully saturated rings. The summed E-state index contributed by atoms with van der Waals surface area (Å²) in [4.78, 5) is 12.3. The second-order valence-electron chi connectivity index (χ2n) is 4.04. The smallest absolute Gasteiger partial charge is 0.195 e. The van der Waals surface area contributed by atoms with Crippen molar-refractivity contribution in [3.05, 3.63) is 58.7 Å². The van der Waals surface area contributed by atoms with Gasteiger partial charge in [-0.2, -0.15) is 10.2 Å². The lowest BCUT2D eigenvalue weighted by Gasteiger charge is -2.06. The topological polar surface area (TPSA) is 42.9 Å². The number of ketones is 1. The molecular formula is C14H13FN2O. The maximum absolute atomic E-state index is 13.1. The van der Waals surface area contributed by atoms with Crippen LogP contribution < -0.4 is 0 Å². The van der Waals surface area contributed by atoms with Crippen LogP contribution in [0.4, 0.5) is 4.39 Å². The lowest BCUT2D eigenvalue weighted by atomic mass is 10.0. The number of benzene rings is 1. The number of carbonyl (C=O) groups excluding carboxylic acids is 1. The van der Waals surface area contributed by atoms with Crippen LogP contribution in [0.25, 0.3) is 0 Å². The highest BCUT2D eigenvalue weighted by Crippen LogP contribution is 2.15. The number of nitrogens with zero attached hydrogens (tertiary/aromatic N) is 2. The number of rotatable bonds is 3. The van der Waals surface area contributed by atoms with Gasteiger partial charge in [0.25, 0.3) is 0 Å². The molecule has 0 atom stereocenters. The molecule has 1 heterocycles. The number of hydrogen-bond donors (Lipinski definition) is 0. The molecule has 92 valence electrons. The zero-order valence-electron chi connectivity index (χ0n) is 10.3. The van der Waals surface area contributed by atoms with Crippen LogP contribution in [-0.2, 0) is 6.42 Å². The van der Waals surface area contributed by atoms with Crippen LogP contribution in [-0.4, -0.2) is 16.0 Å². The van der Waals surface area contributed by atoms with E-state index in [-0.39, 0.29) is 5.78 Å². The van der Waals surface area contributed by atoms with E-state index in [1.165, 1.54) is 18.2 Å². The van der Waals surface area contributed by atoms with Gasteiger partial charge in [0.15, 0.2) is 5.78 Å². The van der Waals surface area contributed by atoms with Crippen molar-refractivity contribution in [1.82, 2.24) is 10.2 Å². The van der Waals surface area contributed by atoms with E-state index in [2.05, 4.69) is 10.2 Å². The second-order valence-corrected chi connectivity index (χ2v) is 4.04. The lowest BCUT2D eigenvalue weighted by molar-refractivity contribution is 0.103. The fraction of sp³-hybridized carbons (Fsp3) is 0.214.